The summed E-state index contributed by atoms with van der Waals surface area (Å²) in [6.45, 7) is 13.3. The number of unbranched alkanes of at least 4 members (excludes halogenated alkanes) is 1. The van der Waals surface area contributed by atoms with Crippen LogP contribution in [0, 0.1) is 0 Å². The summed E-state index contributed by atoms with van der Waals surface area (Å²) in [4.78, 5) is 29.7. The molecule has 0 bridgehead atoms. The van der Waals surface area contributed by atoms with E-state index in [1.165, 1.54) is 29.5 Å². The summed E-state index contributed by atoms with van der Waals surface area (Å²) >= 11 is 0. The predicted octanol–water partition coefficient (Wildman–Crippen LogP) is 6.75. The smallest absolute Gasteiger partial charge is 0.446 e. The summed E-state index contributed by atoms with van der Waals surface area (Å²) in [5.74, 6) is 0.309. The Morgan fingerprint density at radius 1 is 1.00 bits per heavy atom. The second kappa shape index (κ2) is 15.3. The molecule has 10 heteroatoms. The van der Waals surface area contributed by atoms with Gasteiger partial charge in [-0.1, -0.05) is 45.9 Å². The van der Waals surface area contributed by atoms with Crippen molar-refractivity contribution in [2.45, 2.75) is 102 Å². The molecule has 1 aliphatic heterocycles. The van der Waals surface area contributed by atoms with E-state index in [1.54, 1.807) is 0 Å². The number of halogens is 3. The zero-order chi connectivity index (χ0) is 32.5. The van der Waals surface area contributed by atoms with E-state index in [0.717, 1.165) is 63.4 Å². The number of anilines is 1. The lowest BCUT2D eigenvalue weighted by atomic mass is 9.63. The zero-order valence-corrected chi connectivity index (χ0v) is 26.5. The van der Waals surface area contributed by atoms with Crippen molar-refractivity contribution >= 4 is 18.1 Å². The lowest BCUT2D eigenvalue weighted by Gasteiger charge is -2.42. The Morgan fingerprint density at radius 2 is 1.61 bits per heavy atom. The summed E-state index contributed by atoms with van der Waals surface area (Å²) in [7, 11) is 0. The minimum atomic E-state index is -4.64. The number of carbonyl (C=O) groups is 2. The molecule has 1 aromatic carbocycles. The second-order valence-corrected chi connectivity index (χ2v) is 13.3. The Balaban J connectivity index is 0.000000801. The second-order valence-electron chi connectivity index (χ2n) is 13.3. The van der Waals surface area contributed by atoms with Crippen LogP contribution >= 0.6 is 0 Å². The normalized spacial score (nSPS) is 17.9. The summed E-state index contributed by atoms with van der Waals surface area (Å²) in [6.07, 6.45) is 1.43. The Kier molecular flexibility index (Phi) is 12.4. The molecule has 1 fully saturated rings. The first-order chi connectivity index (χ1) is 20.7. The number of aromatic nitrogens is 1. The van der Waals surface area contributed by atoms with Gasteiger partial charge >= 0.3 is 12.1 Å². The van der Waals surface area contributed by atoms with Gasteiger partial charge in [0.15, 0.2) is 0 Å². The number of carboxylic acids is 1. The molecule has 2 heterocycles. The average molecular weight is 620 g/mol. The Bertz CT molecular complexity index is 1240. The Hall–Kier alpha value is -2.98. The molecule has 0 spiro atoms. The highest BCUT2D eigenvalue weighted by Gasteiger charge is 2.37. The number of aldehydes is 1. The van der Waals surface area contributed by atoms with E-state index in [0.29, 0.717) is 12.5 Å². The summed E-state index contributed by atoms with van der Waals surface area (Å²) in [6, 6.07) is 13.8. The van der Waals surface area contributed by atoms with Crippen molar-refractivity contribution < 1.29 is 33.0 Å². The summed E-state index contributed by atoms with van der Waals surface area (Å²) in [5, 5.41) is 18.3. The van der Waals surface area contributed by atoms with Crippen molar-refractivity contribution in [2.75, 3.05) is 37.7 Å². The number of carbonyl (C=O) groups excluding carboxylic acids is 1. The van der Waals surface area contributed by atoms with Gasteiger partial charge in [0.25, 0.3) is 0 Å². The van der Waals surface area contributed by atoms with Crippen molar-refractivity contribution in [3.05, 3.63) is 47.5 Å². The number of fused-ring (bicyclic) bond motifs is 1. The number of hydrogen-bond acceptors (Lipinski definition) is 6. The fourth-order valence-electron chi connectivity index (χ4n) is 6.31. The first-order valence-electron chi connectivity index (χ1n) is 15.6. The van der Waals surface area contributed by atoms with E-state index >= 15 is 0 Å². The van der Waals surface area contributed by atoms with Crippen molar-refractivity contribution in [2.24, 2.45) is 0 Å². The first-order valence-corrected chi connectivity index (χ1v) is 15.6. The number of pyridine rings is 1. The molecule has 1 saturated heterocycles. The van der Waals surface area contributed by atoms with Gasteiger partial charge in [-0.15, -0.1) is 0 Å². The number of carboxylic acid groups (broad SMARTS) is 1. The van der Waals surface area contributed by atoms with Crippen LogP contribution in [0.1, 0.15) is 90.2 Å². The van der Waals surface area contributed by atoms with Gasteiger partial charge in [-0.2, -0.15) is 13.2 Å². The predicted molar refractivity (Wildman–Crippen MR) is 167 cm³/mol. The summed E-state index contributed by atoms with van der Waals surface area (Å²) in [5.41, 5.74) is 5.55. The molecule has 1 aromatic heterocycles. The van der Waals surface area contributed by atoms with Gasteiger partial charge in [-0.05, 0) is 98.2 Å². The molecular weight excluding hydrogens is 571 g/mol. The van der Waals surface area contributed by atoms with Crippen molar-refractivity contribution in [3.8, 4) is 11.3 Å². The topological polar surface area (TPSA) is 94.0 Å². The van der Waals surface area contributed by atoms with Gasteiger partial charge in [0.2, 0.25) is 6.29 Å². The fourth-order valence-corrected chi connectivity index (χ4v) is 6.31. The molecule has 4 rings (SSSR count). The van der Waals surface area contributed by atoms with Crippen molar-refractivity contribution in [1.82, 2.24) is 9.88 Å². The average Bonchev–Trinajstić information content (AvgIpc) is 2.99. The monoisotopic (exact) mass is 619 g/mol. The lowest BCUT2D eigenvalue weighted by Crippen LogP contribution is -2.46. The van der Waals surface area contributed by atoms with Gasteiger partial charge in [-0.3, -0.25) is 9.59 Å². The molecule has 2 aromatic rings. The van der Waals surface area contributed by atoms with Crippen LogP contribution in [-0.2, 0) is 20.4 Å². The maximum Gasteiger partial charge on any atom is 0.446 e. The fraction of sp³-hybridized carbons (Fsp3) is 0.618. The van der Waals surface area contributed by atoms with Gasteiger partial charge in [0.05, 0.1) is 5.69 Å². The van der Waals surface area contributed by atoms with Crippen LogP contribution in [0.15, 0.2) is 36.4 Å². The van der Waals surface area contributed by atoms with E-state index in [1.807, 2.05) is 0 Å². The Morgan fingerprint density at radius 3 is 2.20 bits per heavy atom. The lowest BCUT2D eigenvalue weighted by molar-refractivity contribution is -0.156. The molecule has 7 nitrogen and oxygen atoms in total. The third-order valence-electron chi connectivity index (χ3n) is 9.01. The molecule has 0 atom stereocenters. The van der Waals surface area contributed by atoms with E-state index in [9.17, 15) is 23.1 Å². The minimum Gasteiger partial charge on any atom is -0.481 e. The molecule has 0 unspecified atom stereocenters. The van der Waals surface area contributed by atoms with Crippen molar-refractivity contribution in [1.29, 1.82) is 0 Å². The van der Waals surface area contributed by atoms with Crippen LogP contribution in [0.3, 0.4) is 0 Å². The Labute approximate surface area is 259 Å². The third-order valence-corrected chi connectivity index (χ3v) is 9.01. The van der Waals surface area contributed by atoms with Crippen LogP contribution < -0.4 is 4.90 Å². The number of nitrogens with zero attached hydrogens (tertiary/aromatic N) is 3. The minimum absolute atomic E-state index is 0.174. The number of benzene rings is 1. The van der Waals surface area contributed by atoms with E-state index in [-0.39, 0.29) is 23.9 Å². The largest absolute Gasteiger partial charge is 0.481 e. The number of rotatable bonds is 11. The highest BCUT2D eigenvalue weighted by molar-refractivity contribution is 5.66. The molecular formula is C34H48F3N3O4. The quantitative estimate of drug-likeness (QED) is 0.212. The molecule has 0 saturated carbocycles. The standard InChI is InChI=1S/C32H47N3O3.C2HF3O/c1-31(2)16-17-32(3,4)27-23-24(12-13-26(27)31)28-9-7-10-29(33-28)35-20-14-25(15-21-35)34(18-5-6-22-36)19-8-11-30(37)38;3-2(4,5)1-6/h7,9-10,12-13,23,25,36H,5-6,8,11,14-22H2,1-4H3,(H,37,38);1H. The van der Waals surface area contributed by atoms with Crippen LogP contribution in [0.2, 0.25) is 0 Å². The van der Waals surface area contributed by atoms with E-state index < -0.39 is 18.4 Å². The summed E-state index contributed by atoms with van der Waals surface area (Å²) < 4.78 is 31.2. The number of aliphatic carboxylic acids is 1. The number of hydrogen-bond donors (Lipinski definition) is 2. The molecule has 2 aliphatic rings. The molecule has 0 radical (unpaired) electrons. The third kappa shape index (κ3) is 10.0. The van der Waals surface area contributed by atoms with E-state index in [4.69, 9.17) is 14.9 Å². The number of piperidine rings is 1. The highest BCUT2D eigenvalue weighted by Crippen LogP contribution is 2.46. The number of alkyl halides is 3. The molecule has 0 amide bonds. The molecule has 1 aliphatic carbocycles. The molecule has 244 valence electrons. The molecule has 44 heavy (non-hydrogen) atoms. The van der Waals surface area contributed by atoms with Crippen molar-refractivity contribution in [3.63, 3.8) is 0 Å². The van der Waals surface area contributed by atoms with E-state index in [2.05, 4.69) is 73.9 Å². The first kappa shape index (κ1) is 35.5. The van der Waals surface area contributed by atoms with Gasteiger partial charge in [0, 0.05) is 37.7 Å². The van der Waals surface area contributed by atoms with Gasteiger partial charge in [0.1, 0.15) is 5.82 Å². The maximum atomic E-state index is 11.0. The number of aliphatic hydroxyl groups is 1. The molecule has 2 N–H and O–H groups in total. The van der Waals surface area contributed by atoms with Crippen LogP contribution in [0.25, 0.3) is 11.3 Å². The van der Waals surface area contributed by atoms with Gasteiger partial charge < -0.3 is 20.0 Å². The van der Waals surface area contributed by atoms with Crippen LogP contribution in [-0.4, -0.2) is 77.4 Å². The van der Waals surface area contributed by atoms with Crippen LogP contribution in [0.4, 0.5) is 19.0 Å². The maximum absolute atomic E-state index is 11.0. The zero-order valence-electron chi connectivity index (χ0n) is 26.5. The SMILES string of the molecule is CC1(C)CCC(C)(C)c2cc(-c3cccc(N4CCC(N(CCCCO)CCCC(=O)O)CC4)n3)ccc21.O=CC(F)(F)F. The van der Waals surface area contributed by atoms with Gasteiger partial charge in [-0.25, -0.2) is 4.98 Å². The number of aliphatic hydroxyl groups excluding tert-OH is 1. The highest BCUT2D eigenvalue weighted by atomic mass is 19.4. The van der Waals surface area contributed by atoms with Crippen LogP contribution in [0.5, 0.6) is 0 Å².